The van der Waals surface area contributed by atoms with Gasteiger partial charge in [-0.05, 0) is 49.2 Å². The van der Waals surface area contributed by atoms with Gasteiger partial charge in [-0.3, -0.25) is 0 Å². The van der Waals surface area contributed by atoms with E-state index in [1.165, 1.54) is 6.07 Å². The second-order valence-corrected chi connectivity index (χ2v) is 7.58. The number of carboxylic acid groups (broad SMARTS) is 2. The summed E-state index contributed by atoms with van der Waals surface area (Å²) in [6.07, 6.45) is -0.226. The zero-order valence-corrected chi connectivity index (χ0v) is 17.3. The van der Waals surface area contributed by atoms with Gasteiger partial charge >= 0.3 is 76.8 Å². The van der Waals surface area contributed by atoms with Gasteiger partial charge in [0.05, 0.1) is 0 Å². The Hall–Kier alpha value is -1.01. The number of aliphatic hydroxyl groups excluding tert-OH is 1. The molecule has 2 unspecified atom stereocenters. The molecule has 1 aliphatic heterocycles. The maximum absolute atomic E-state index is 11.3. The van der Waals surface area contributed by atoms with Crippen LogP contribution in [0.15, 0.2) is 42.5 Å². The van der Waals surface area contributed by atoms with Crippen LogP contribution in [-0.2, 0) is 16.0 Å². The van der Waals surface area contributed by atoms with Crippen LogP contribution >= 0.6 is 11.6 Å². The number of rotatable bonds is 10. The van der Waals surface area contributed by atoms with Gasteiger partial charge in [0.2, 0.25) is 0 Å². The Labute approximate surface area is 239 Å². The van der Waals surface area contributed by atoms with Crippen LogP contribution in [0.5, 0.6) is 17.2 Å². The van der Waals surface area contributed by atoms with Crippen LogP contribution in [0.25, 0.3) is 0 Å². The summed E-state index contributed by atoms with van der Waals surface area (Å²) in [4.78, 5) is 22.6. The monoisotopic (exact) mass is 499 g/mol. The number of halogens is 1. The van der Waals surface area contributed by atoms with E-state index in [9.17, 15) is 24.9 Å². The molecule has 0 saturated carbocycles. The summed E-state index contributed by atoms with van der Waals surface area (Å²) in [5.74, 6) is -5.62. The predicted molar refractivity (Wildman–Crippen MR) is 124 cm³/mol. The SMILES string of the molecule is CC(Cc1ccc2c(c1)OC(C(=O)O)(C(=O)O)O2)NCC(O)COc1cccc(Cl)c1.[NaH].[NaH]. The van der Waals surface area contributed by atoms with E-state index < -0.39 is 23.8 Å². The van der Waals surface area contributed by atoms with Gasteiger partial charge in [-0.1, -0.05) is 23.7 Å². The van der Waals surface area contributed by atoms with Crippen molar-refractivity contribution >= 4 is 82.7 Å². The fourth-order valence-corrected chi connectivity index (χ4v) is 3.19. The molecule has 0 fully saturated rings. The molecule has 9 nitrogen and oxygen atoms in total. The van der Waals surface area contributed by atoms with Crippen LogP contribution < -0.4 is 19.5 Å². The van der Waals surface area contributed by atoms with Crippen LogP contribution in [0.3, 0.4) is 0 Å². The summed E-state index contributed by atoms with van der Waals surface area (Å²) in [7, 11) is 0. The van der Waals surface area contributed by atoms with Gasteiger partial charge in [-0.25, -0.2) is 9.59 Å². The molecular formula is C21H24ClNNa2O8. The van der Waals surface area contributed by atoms with Crippen molar-refractivity contribution in [3.8, 4) is 17.2 Å². The van der Waals surface area contributed by atoms with E-state index in [4.69, 9.17) is 25.8 Å². The first-order chi connectivity index (χ1) is 14.7. The van der Waals surface area contributed by atoms with E-state index in [-0.39, 0.29) is 89.8 Å². The van der Waals surface area contributed by atoms with E-state index in [0.717, 1.165) is 5.56 Å². The first-order valence-corrected chi connectivity index (χ1v) is 9.85. The average molecular weight is 500 g/mol. The second kappa shape index (κ2) is 13.2. The molecule has 0 radical (unpaired) electrons. The molecule has 2 aromatic rings. The van der Waals surface area contributed by atoms with Gasteiger partial charge in [-0.2, -0.15) is 0 Å². The number of ether oxygens (including phenoxy) is 3. The normalized spacial score (nSPS) is 14.9. The van der Waals surface area contributed by atoms with Crippen molar-refractivity contribution in [2.24, 2.45) is 0 Å². The molecule has 3 rings (SSSR count). The number of carboxylic acids is 2. The Morgan fingerprint density at radius 2 is 1.76 bits per heavy atom. The Morgan fingerprint density at radius 3 is 2.39 bits per heavy atom. The van der Waals surface area contributed by atoms with Crippen molar-refractivity contribution in [1.82, 2.24) is 5.32 Å². The zero-order valence-electron chi connectivity index (χ0n) is 16.6. The molecule has 1 heterocycles. The van der Waals surface area contributed by atoms with Gasteiger partial charge in [0.1, 0.15) is 18.5 Å². The first kappa shape index (κ1) is 30.0. The molecule has 170 valence electrons. The molecule has 2 atom stereocenters. The van der Waals surface area contributed by atoms with Crippen molar-refractivity contribution in [1.29, 1.82) is 0 Å². The molecular weight excluding hydrogens is 476 g/mol. The van der Waals surface area contributed by atoms with Gasteiger partial charge < -0.3 is 34.8 Å². The number of benzene rings is 2. The standard InChI is InChI=1S/C21H22ClNO8.2Na.2H/c1-12(23-10-15(24)11-29-16-4-2-3-14(22)9-16)7-13-5-6-17-18(8-13)31-21(30-17,19(25)26)20(27)28;;;;/h2-6,8-9,12,15,23-24H,7,10-11H2,1H3,(H,25,26)(H,27,28);;;;. The average Bonchev–Trinajstić information content (AvgIpc) is 3.11. The third-order valence-electron chi connectivity index (χ3n) is 4.56. The minimum absolute atomic E-state index is 0. The molecule has 0 spiro atoms. The molecule has 4 N–H and O–H groups in total. The van der Waals surface area contributed by atoms with Crippen molar-refractivity contribution in [3.63, 3.8) is 0 Å². The Balaban J connectivity index is 0.00000272. The number of aliphatic hydroxyl groups is 1. The maximum atomic E-state index is 11.3. The Bertz CT molecular complexity index is 963. The molecule has 33 heavy (non-hydrogen) atoms. The molecule has 0 aromatic heterocycles. The summed E-state index contributed by atoms with van der Waals surface area (Å²) in [5, 5.41) is 32.2. The number of aliphatic carboxylic acids is 2. The number of hydrogen-bond acceptors (Lipinski definition) is 7. The van der Waals surface area contributed by atoms with Crippen LogP contribution in [0.2, 0.25) is 5.02 Å². The quantitative estimate of drug-likeness (QED) is 0.274. The van der Waals surface area contributed by atoms with Crippen molar-refractivity contribution in [2.75, 3.05) is 13.2 Å². The van der Waals surface area contributed by atoms with Crippen molar-refractivity contribution < 1.29 is 39.1 Å². The van der Waals surface area contributed by atoms with Crippen LogP contribution in [0.4, 0.5) is 0 Å². The third kappa shape index (κ3) is 7.74. The summed E-state index contributed by atoms with van der Waals surface area (Å²) < 4.78 is 15.7. The fraction of sp³-hybridized carbons (Fsp3) is 0.333. The Kier molecular flexibility index (Phi) is 12.0. The number of hydrogen-bond donors (Lipinski definition) is 4. The summed E-state index contributed by atoms with van der Waals surface area (Å²) >= 11 is 5.89. The van der Waals surface area contributed by atoms with E-state index >= 15 is 0 Å². The van der Waals surface area contributed by atoms with Gasteiger partial charge in [0.15, 0.2) is 11.5 Å². The van der Waals surface area contributed by atoms with E-state index in [0.29, 0.717) is 17.2 Å². The van der Waals surface area contributed by atoms with Gasteiger partial charge in [-0.15, -0.1) is 0 Å². The van der Waals surface area contributed by atoms with Crippen LogP contribution in [0.1, 0.15) is 12.5 Å². The first-order valence-electron chi connectivity index (χ1n) is 9.47. The fourth-order valence-electron chi connectivity index (χ4n) is 3.01. The summed E-state index contributed by atoms with van der Waals surface area (Å²) in [5.41, 5.74) is 0.776. The summed E-state index contributed by atoms with van der Waals surface area (Å²) in [6.45, 7) is 2.29. The van der Waals surface area contributed by atoms with Crippen LogP contribution in [0, 0.1) is 0 Å². The van der Waals surface area contributed by atoms with E-state index in [1.54, 1.807) is 36.4 Å². The molecule has 0 amide bonds. The minimum atomic E-state index is -2.78. The van der Waals surface area contributed by atoms with Crippen LogP contribution in [-0.4, -0.2) is 117 Å². The molecule has 2 aromatic carbocycles. The molecule has 0 aliphatic carbocycles. The number of carbonyl (C=O) groups is 2. The molecule has 0 saturated heterocycles. The Morgan fingerprint density at radius 1 is 1.09 bits per heavy atom. The van der Waals surface area contributed by atoms with E-state index in [2.05, 4.69) is 5.32 Å². The van der Waals surface area contributed by atoms with Gasteiger partial charge in [0, 0.05) is 17.6 Å². The van der Waals surface area contributed by atoms with Crippen molar-refractivity contribution in [3.05, 3.63) is 53.1 Å². The summed E-state index contributed by atoms with van der Waals surface area (Å²) in [6, 6.07) is 11.5. The third-order valence-corrected chi connectivity index (χ3v) is 4.80. The van der Waals surface area contributed by atoms with E-state index in [1.807, 2.05) is 6.92 Å². The predicted octanol–water partition coefficient (Wildman–Crippen LogP) is 0.640. The second-order valence-electron chi connectivity index (χ2n) is 7.15. The zero-order chi connectivity index (χ0) is 22.6. The number of nitrogens with one attached hydrogen (secondary N) is 1. The number of fused-ring (bicyclic) bond motifs is 1. The van der Waals surface area contributed by atoms with Crippen molar-refractivity contribution in [2.45, 2.75) is 31.3 Å². The molecule has 1 aliphatic rings. The molecule has 0 bridgehead atoms. The van der Waals surface area contributed by atoms with Gasteiger partial charge in [0.25, 0.3) is 0 Å². The topological polar surface area (TPSA) is 135 Å². The molecule has 12 heteroatoms.